The van der Waals surface area contributed by atoms with E-state index >= 15 is 0 Å². The standard InChI is InChI=1S/C19H18N2O3S/c1-21(2)19(22)15-9-5-10-16(13-15)25(23,24)20-18-12-6-8-14-7-3-4-11-17(14)18/h3-13,20H,1-2H3. The SMILES string of the molecule is CN(C)C(=O)c1cccc(S(=O)(=O)Nc2cccc3ccccc23)c1. The number of rotatable bonds is 4. The second-order valence-electron chi connectivity index (χ2n) is 5.86. The first kappa shape index (κ1) is 17.0. The maximum atomic E-state index is 12.8. The van der Waals surface area contributed by atoms with Crippen LogP contribution in [0.4, 0.5) is 5.69 Å². The highest BCUT2D eigenvalue weighted by Gasteiger charge is 2.18. The Labute approximate surface area is 146 Å². The van der Waals surface area contributed by atoms with E-state index in [1.807, 2.05) is 30.3 Å². The molecule has 5 nitrogen and oxygen atoms in total. The van der Waals surface area contributed by atoms with Gasteiger partial charge in [0, 0.05) is 25.0 Å². The highest BCUT2D eigenvalue weighted by Crippen LogP contribution is 2.25. The topological polar surface area (TPSA) is 66.5 Å². The van der Waals surface area contributed by atoms with E-state index in [1.165, 1.54) is 17.0 Å². The van der Waals surface area contributed by atoms with E-state index in [2.05, 4.69) is 4.72 Å². The summed E-state index contributed by atoms with van der Waals surface area (Å²) in [4.78, 5) is 13.5. The molecule has 0 fully saturated rings. The quantitative estimate of drug-likeness (QED) is 0.781. The second-order valence-corrected chi connectivity index (χ2v) is 7.54. The van der Waals surface area contributed by atoms with Crippen molar-refractivity contribution in [3.8, 4) is 0 Å². The Morgan fingerprint density at radius 2 is 1.60 bits per heavy atom. The van der Waals surface area contributed by atoms with Crippen LogP contribution in [0, 0.1) is 0 Å². The van der Waals surface area contributed by atoms with E-state index in [0.29, 0.717) is 11.3 Å². The third kappa shape index (κ3) is 3.49. The molecule has 0 spiro atoms. The minimum atomic E-state index is -3.81. The average molecular weight is 354 g/mol. The summed E-state index contributed by atoms with van der Waals surface area (Å²) in [7, 11) is -0.561. The fourth-order valence-corrected chi connectivity index (χ4v) is 3.70. The third-order valence-corrected chi connectivity index (χ3v) is 5.19. The Bertz CT molecular complexity index is 1040. The summed E-state index contributed by atoms with van der Waals surface area (Å²) in [5.74, 6) is -0.248. The number of carbonyl (C=O) groups is 1. The lowest BCUT2D eigenvalue weighted by atomic mass is 10.1. The predicted molar refractivity (Wildman–Crippen MR) is 99.2 cm³/mol. The van der Waals surface area contributed by atoms with Gasteiger partial charge >= 0.3 is 0 Å². The third-order valence-electron chi connectivity index (χ3n) is 3.83. The Morgan fingerprint density at radius 3 is 2.36 bits per heavy atom. The van der Waals surface area contributed by atoms with Gasteiger partial charge in [0.2, 0.25) is 0 Å². The number of amides is 1. The lowest BCUT2D eigenvalue weighted by molar-refractivity contribution is 0.0827. The second kappa shape index (κ2) is 6.57. The van der Waals surface area contributed by atoms with Crippen LogP contribution in [0.2, 0.25) is 0 Å². The van der Waals surface area contributed by atoms with Crippen LogP contribution in [-0.2, 0) is 10.0 Å². The van der Waals surface area contributed by atoms with Gasteiger partial charge < -0.3 is 4.90 Å². The lowest BCUT2D eigenvalue weighted by Crippen LogP contribution is -2.22. The van der Waals surface area contributed by atoms with Crippen molar-refractivity contribution in [3.63, 3.8) is 0 Å². The van der Waals surface area contributed by atoms with E-state index in [9.17, 15) is 13.2 Å². The minimum Gasteiger partial charge on any atom is -0.345 e. The van der Waals surface area contributed by atoms with Crippen LogP contribution in [0.25, 0.3) is 10.8 Å². The molecule has 1 N–H and O–H groups in total. The van der Waals surface area contributed by atoms with Gasteiger partial charge in [-0.15, -0.1) is 0 Å². The summed E-state index contributed by atoms with van der Waals surface area (Å²) < 4.78 is 28.1. The Kier molecular flexibility index (Phi) is 4.46. The number of anilines is 1. The zero-order chi connectivity index (χ0) is 18.0. The number of hydrogen-bond acceptors (Lipinski definition) is 3. The average Bonchev–Trinajstić information content (AvgIpc) is 2.61. The van der Waals surface area contributed by atoms with Gasteiger partial charge in [-0.1, -0.05) is 42.5 Å². The summed E-state index contributed by atoms with van der Waals surface area (Å²) in [6.45, 7) is 0. The first-order valence-electron chi connectivity index (χ1n) is 7.71. The van der Waals surface area contributed by atoms with Crippen LogP contribution >= 0.6 is 0 Å². The maximum absolute atomic E-state index is 12.8. The molecule has 3 aromatic rings. The fourth-order valence-electron chi connectivity index (χ4n) is 2.57. The van der Waals surface area contributed by atoms with Gasteiger partial charge in [-0.25, -0.2) is 8.42 Å². The Hall–Kier alpha value is -2.86. The molecule has 0 radical (unpaired) electrons. The van der Waals surface area contributed by atoms with Crippen LogP contribution in [0.3, 0.4) is 0 Å². The first-order valence-corrected chi connectivity index (χ1v) is 9.19. The molecule has 0 bridgehead atoms. The van der Waals surface area contributed by atoms with Crippen LogP contribution < -0.4 is 4.72 Å². The Balaban J connectivity index is 2.00. The maximum Gasteiger partial charge on any atom is 0.261 e. The van der Waals surface area contributed by atoms with E-state index in [1.54, 1.807) is 38.4 Å². The van der Waals surface area contributed by atoms with Crippen LogP contribution in [0.5, 0.6) is 0 Å². The largest absolute Gasteiger partial charge is 0.345 e. The van der Waals surface area contributed by atoms with Crippen LogP contribution in [0.1, 0.15) is 10.4 Å². The van der Waals surface area contributed by atoms with Crippen molar-refractivity contribution < 1.29 is 13.2 Å². The van der Waals surface area contributed by atoms with Crippen molar-refractivity contribution in [1.29, 1.82) is 0 Å². The highest BCUT2D eigenvalue weighted by atomic mass is 32.2. The summed E-state index contributed by atoms with van der Waals surface area (Å²) in [5.41, 5.74) is 0.827. The number of benzene rings is 3. The van der Waals surface area contributed by atoms with Crippen molar-refractivity contribution >= 4 is 32.4 Å². The molecule has 0 unspecified atom stereocenters. The molecule has 3 aromatic carbocycles. The molecule has 0 aliphatic heterocycles. The van der Waals surface area contributed by atoms with Crippen molar-refractivity contribution in [1.82, 2.24) is 4.90 Å². The van der Waals surface area contributed by atoms with E-state index in [0.717, 1.165) is 10.8 Å². The van der Waals surface area contributed by atoms with E-state index < -0.39 is 10.0 Å². The van der Waals surface area contributed by atoms with Gasteiger partial charge in [-0.05, 0) is 29.7 Å². The minimum absolute atomic E-state index is 0.0492. The summed E-state index contributed by atoms with van der Waals surface area (Å²) in [6.07, 6.45) is 0. The number of nitrogens with one attached hydrogen (secondary N) is 1. The zero-order valence-corrected chi connectivity index (χ0v) is 14.7. The zero-order valence-electron chi connectivity index (χ0n) is 13.9. The first-order chi connectivity index (χ1) is 11.9. The molecule has 128 valence electrons. The molecule has 3 rings (SSSR count). The predicted octanol–water partition coefficient (Wildman–Crippen LogP) is 3.34. The molecule has 25 heavy (non-hydrogen) atoms. The molecule has 0 saturated heterocycles. The molecule has 1 amide bonds. The van der Waals surface area contributed by atoms with Gasteiger partial charge in [0.25, 0.3) is 15.9 Å². The number of fused-ring (bicyclic) bond motifs is 1. The molecular formula is C19H18N2O3S. The van der Waals surface area contributed by atoms with Gasteiger partial charge in [-0.2, -0.15) is 0 Å². The van der Waals surface area contributed by atoms with Crippen molar-refractivity contribution in [2.45, 2.75) is 4.90 Å². The lowest BCUT2D eigenvalue weighted by Gasteiger charge is -2.13. The van der Waals surface area contributed by atoms with Gasteiger partial charge in [-0.3, -0.25) is 9.52 Å². The monoisotopic (exact) mass is 354 g/mol. The number of carbonyl (C=O) groups excluding carboxylic acids is 1. The molecule has 0 aliphatic carbocycles. The molecular weight excluding hydrogens is 336 g/mol. The fraction of sp³-hybridized carbons (Fsp3) is 0.105. The van der Waals surface area contributed by atoms with Crippen molar-refractivity contribution in [2.24, 2.45) is 0 Å². The smallest absolute Gasteiger partial charge is 0.261 e. The number of hydrogen-bond donors (Lipinski definition) is 1. The van der Waals surface area contributed by atoms with E-state index in [4.69, 9.17) is 0 Å². The van der Waals surface area contributed by atoms with Crippen LogP contribution in [-0.4, -0.2) is 33.3 Å². The molecule has 0 saturated carbocycles. The summed E-state index contributed by atoms with van der Waals surface area (Å²) in [5, 5.41) is 1.76. The molecule has 0 aromatic heterocycles. The molecule has 0 aliphatic rings. The van der Waals surface area contributed by atoms with Crippen molar-refractivity contribution in [3.05, 3.63) is 72.3 Å². The van der Waals surface area contributed by atoms with Gasteiger partial charge in [0.1, 0.15) is 0 Å². The van der Waals surface area contributed by atoms with Gasteiger partial charge in [0.05, 0.1) is 10.6 Å². The summed E-state index contributed by atoms with van der Waals surface area (Å²) in [6, 6.07) is 19.0. The van der Waals surface area contributed by atoms with Crippen molar-refractivity contribution in [2.75, 3.05) is 18.8 Å². The van der Waals surface area contributed by atoms with Crippen LogP contribution in [0.15, 0.2) is 71.6 Å². The number of nitrogens with zero attached hydrogens (tertiary/aromatic N) is 1. The number of sulfonamides is 1. The molecule has 6 heteroatoms. The van der Waals surface area contributed by atoms with E-state index in [-0.39, 0.29) is 10.8 Å². The highest BCUT2D eigenvalue weighted by molar-refractivity contribution is 7.92. The Morgan fingerprint density at radius 1 is 0.920 bits per heavy atom. The normalized spacial score (nSPS) is 11.3. The molecule has 0 heterocycles. The molecule has 0 atom stereocenters. The van der Waals surface area contributed by atoms with Gasteiger partial charge in [0.15, 0.2) is 0 Å². The summed E-state index contributed by atoms with van der Waals surface area (Å²) >= 11 is 0.